The minimum atomic E-state index is 0. The van der Waals surface area contributed by atoms with E-state index in [0.717, 1.165) is 12.3 Å². The van der Waals surface area contributed by atoms with Gasteiger partial charge in [-0.25, -0.2) is 0 Å². The molecule has 0 atom stereocenters. The van der Waals surface area contributed by atoms with Crippen LogP contribution in [0, 0.1) is 5.92 Å². The van der Waals surface area contributed by atoms with Crippen molar-refractivity contribution in [3.63, 3.8) is 0 Å². The predicted octanol–water partition coefficient (Wildman–Crippen LogP) is 1.31. The van der Waals surface area contributed by atoms with Crippen molar-refractivity contribution in [1.29, 1.82) is 0 Å². The third-order valence-electron chi connectivity index (χ3n) is 5.98. The van der Waals surface area contributed by atoms with Crippen molar-refractivity contribution in [2.45, 2.75) is 58.3 Å². The van der Waals surface area contributed by atoms with E-state index in [1.54, 1.807) is 5.56 Å². The van der Waals surface area contributed by atoms with Crippen molar-refractivity contribution in [1.82, 2.24) is 0 Å². The average molecular weight is 492 g/mol. The molecule has 0 heterocycles. The van der Waals surface area contributed by atoms with Gasteiger partial charge in [0.25, 0.3) is 0 Å². The molecule has 0 amide bonds. The normalized spacial score (nSPS) is 14.5. The third-order valence-corrected chi connectivity index (χ3v) is 5.98. The first-order valence-corrected chi connectivity index (χ1v) is 10.1. The van der Waals surface area contributed by atoms with Crippen LogP contribution in [0.4, 0.5) is 0 Å². The van der Waals surface area contributed by atoms with E-state index in [4.69, 9.17) is 0 Å². The first-order valence-electron chi connectivity index (χ1n) is 10.1. The van der Waals surface area contributed by atoms with Gasteiger partial charge < -0.3 is 24.8 Å². The van der Waals surface area contributed by atoms with Crippen LogP contribution in [0.1, 0.15) is 56.6 Å². The molecular formula is C25H29Cl2Zr. The second-order valence-corrected chi connectivity index (χ2v) is 7.78. The Morgan fingerprint density at radius 3 is 2.21 bits per heavy atom. The van der Waals surface area contributed by atoms with Gasteiger partial charge in [0.1, 0.15) is 0 Å². The molecule has 0 bridgehead atoms. The Morgan fingerprint density at radius 2 is 1.57 bits per heavy atom. The van der Waals surface area contributed by atoms with Gasteiger partial charge in [-0.1, -0.05) is 81.3 Å². The van der Waals surface area contributed by atoms with Gasteiger partial charge in [0, 0.05) is 0 Å². The Labute approximate surface area is 201 Å². The Balaban J connectivity index is 0.00000131. The maximum atomic E-state index is 2.46. The second-order valence-electron chi connectivity index (χ2n) is 7.78. The molecule has 3 aromatic rings. The first kappa shape index (κ1) is 25.5. The summed E-state index contributed by atoms with van der Waals surface area (Å²) in [5.74, 6) is 0.895. The monoisotopic (exact) mass is 489 g/mol. The molecule has 28 heavy (non-hydrogen) atoms. The molecule has 0 nitrogen and oxygen atoms in total. The van der Waals surface area contributed by atoms with Crippen LogP contribution in [-0.2, 0) is 39.0 Å². The smallest absolute Gasteiger partial charge is 1.00 e. The average Bonchev–Trinajstić information content (AvgIpc) is 2.89. The van der Waals surface area contributed by atoms with E-state index >= 15 is 0 Å². The van der Waals surface area contributed by atoms with Gasteiger partial charge in [-0.3, -0.25) is 0 Å². The van der Waals surface area contributed by atoms with Crippen LogP contribution in [0.5, 0.6) is 0 Å². The van der Waals surface area contributed by atoms with Gasteiger partial charge >= 0.3 is 26.2 Å². The number of halogens is 2. The summed E-state index contributed by atoms with van der Waals surface area (Å²) in [7, 11) is 0. The van der Waals surface area contributed by atoms with Gasteiger partial charge in [0.2, 0.25) is 0 Å². The van der Waals surface area contributed by atoms with Crippen LogP contribution in [0.3, 0.4) is 0 Å². The SMILES string of the molecule is CCc1ccc(-c2cccc3[cH-]c(CC4CCCCCC4)cc23)cc1.[Cl-].[Cl-].[Zr+3]. The zero-order chi connectivity index (χ0) is 17.1. The fourth-order valence-electron chi connectivity index (χ4n) is 4.49. The molecular weight excluding hydrogens is 462 g/mol. The van der Waals surface area contributed by atoms with Gasteiger partial charge in [-0.15, -0.1) is 34.5 Å². The molecule has 3 aromatic carbocycles. The quantitative estimate of drug-likeness (QED) is 0.382. The van der Waals surface area contributed by atoms with Crippen LogP contribution < -0.4 is 24.8 Å². The maximum absolute atomic E-state index is 2.46. The number of aryl methyl sites for hydroxylation is 1. The second kappa shape index (κ2) is 12.3. The van der Waals surface area contributed by atoms with E-state index in [2.05, 4.69) is 61.5 Å². The van der Waals surface area contributed by atoms with Gasteiger partial charge in [0.15, 0.2) is 0 Å². The summed E-state index contributed by atoms with van der Waals surface area (Å²) in [5, 5.41) is 2.83. The summed E-state index contributed by atoms with van der Waals surface area (Å²) < 4.78 is 0. The molecule has 1 radical (unpaired) electrons. The summed E-state index contributed by atoms with van der Waals surface area (Å²) in [5.41, 5.74) is 5.67. The van der Waals surface area contributed by atoms with E-state index in [-0.39, 0.29) is 51.0 Å². The molecule has 0 aromatic heterocycles. The molecule has 3 heteroatoms. The summed E-state index contributed by atoms with van der Waals surface area (Å²) in [4.78, 5) is 0. The van der Waals surface area contributed by atoms with Crippen LogP contribution in [-0.4, -0.2) is 0 Å². The van der Waals surface area contributed by atoms with Gasteiger partial charge in [0.05, 0.1) is 0 Å². The number of rotatable bonds is 4. The van der Waals surface area contributed by atoms with Crippen molar-refractivity contribution in [2.75, 3.05) is 0 Å². The largest absolute Gasteiger partial charge is 3.00 e. The summed E-state index contributed by atoms with van der Waals surface area (Å²) in [6.07, 6.45) is 11.0. The Bertz CT molecular complexity index is 827. The fraction of sp³-hybridized carbons (Fsp3) is 0.400. The molecule has 147 valence electrons. The summed E-state index contributed by atoms with van der Waals surface area (Å²) in [6, 6.07) is 20.8. The molecule has 0 spiro atoms. The van der Waals surface area contributed by atoms with Crippen molar-refractivity contribution < 1.29 is 51.0 Å². The minimum Gasteiger partial charge on any atom is -1.00 e. The van der Waals surface area contributed by atoms with Gasteiger partial charge in [-0.05, 0) is 29.9 Å². The van der Waals surface area contributed by atoms with E-state index in [0.29, 0.717) is 0 Å². The van der Waals surface area contributed by atoms with Crippen molar-refractivity contribution in [3.8, 4) is 11.1 Å². The number of hydrogen-bond acceptors (Lipinski definition) is 0. The molecule has 0 unspecified atom stereocenters. The van der Waals surface area contributed by atoms with Gasteiger partial charge in [-0.2, -0.15) is 6.07 Å². The van der Waals surface area contributed by atoms with Crippen molar-refractivity contribution in [3.05, 3.63) is 65.7 Å². The van der Waals surface area contributed by atoms with Crippen molar-refractivity contribution >= 4 is 10.8 Å². The number of fused-ring (bicyclic) bond motifs is 1. The van der Waals surface area contributed by atoms with Crippen LogP contribution in [0.2, 0.25) is 0 Å². The van der Waals surface area contributed by atoms with Crippen LogP contribution in [0.15, 0.2) is 54.6 Å². The minimum absolute atomic E-state index is 0. The van der Waals surface area contributed by atoms with E-state index in [1.807, 2.05) is 0 Å². The molecule has 1 aliphatic rings. The zero-order valence-corrected chi connectivity index (χ0v) is 20.7. The Hall–Kier alpha value is -0.487. The molecule has 4 rings (SSSR count). The molecule has 0 aliphatic heterocycles. The first-order chi connectivity index (χ1) is 12.3. The maximum Gasteiger partial charge on any atom is 3.00 e. The standard InChI is InChI=1S/C25H29.2ClH.Zr/c1-2-19-12-14-22(15-13-19)24-11-7-10-23-17-21(18-25(23)24)16-20-8-5-3-4-6-9-20;;;/h7,10-15,17-18,20H,2-6,8-9,16H2,1H3;2*1H;/q-1;;;+3/p-2. The molecule has 1 saturated carbocycles. The summed E-state index contributed by atoms with van der Waals surface area (Å²) in [6.45, 7) is 2.21. The third kappa shape index (κ3) is 6.01. The fourth-order valence-corrected chi connectivity index (χ4v) is 4.49. The molecule has 1 aliphatic carbocycles. The predicted molar refractivity (Wildman–Crippen MR) is 109 cm³/mol. The van der Waals surface area contributed by atoms with E-state index in [1.165, 1.54) is 72.4 Å². The molecule has 0 saturated heterocycles. The molecule has 1 fully saturated rings. The zero-order valence-electron chi connectivity index (χ0n) is 16.7. The summed E-state index contributed by atoms with van der Waals surface area (Å²) >= 11 is 0. The molecule has 0 N–H and O–H groups in total. The van der Waals surface area contributed by atoms with Crippen LogP contribution in [0.25, 0.3) is 21.9 Å². The van der Waals surface area contributed by atoms with E-state index < -0.39 is 0 Å². The number of hydrogen-bond donors (Lipinski definition) is 0. The van der Waals surface area contributed by atoms with E-state index in [9.17, 15) is 0 Å². The Kier molecular flexibility index (Phi) is 11.2. The number of benzene rings is 2. The van der Waals surface area contributed by atoms with Crippen molar-refractivity contribution in [2.24, 2.45) is 5.92 Å². The Morgan fingerprint density at radius 1 is 0.893 bits per heavy atom. The van der Waals surface area contributed by atoms with Crippen LogP contribution >= 0.6 is 0 Å². The topological polar surface area (TPSA) is 0 Å².